The minimum atomic E-state index is -1.08. The van der Waals surface area contributed by atoms with Crippen LogP contribution in [0.3, 0.4) is 0 Å². The van der Waals surface area contributed by atoms with Crippen LogP contribution in [0.2, 0.25) is 0 Å². The summed E-state index contributed by atoms with van der Waals surface area (Å²) >= 11 is 0. The molecule has 4 nitrogen and oxygen atoms in total. The molecule has 1 unspecified atom stereocenters. The van der Waals surface area contributed by atoms with E-state index in [-0.39, 0.29) is 6.61 Å². The van der Waals surface area contributed by atoms with E-state index in [1.807, 2.05) is 49.4 Å². The van der Waals surface area contributed by atoms with Gasteiger partial charge in [-0.25, -0.2) is 0 Å². The molecule has 0 saturated carbocycles. The number of ether oxygens (including phenoxy) is 1. The lowest BCUT2D eigenvalue weighted by Crippen LogP contribution is -2.53. The minimum absolute atomic E-state index is 0.0779. The lowest BCUT2D eigenvalue weighted by atomic mass is 10.0. The molecule has 1 atom stereocenters. The van der Waals surface area contributed by atoms with E-state index >= 15 is 0 Å². The van der Waals surface area contributed by atoms with Crippen LogP contribution in [0.15, 0.2) is 42.5 Å². The van der Waals surface area contributed by atoms with E-state index < -0.39 is 11.5 Å². The number of carbonyl (C=O) groups is 1. The third kappa shape index (κ3) is 3.08. The molecule has 0 saturated heterocycles. The highest BCUT2D eigenvalue weighted by Gasteiger charge is 2.33. The van der Waals surface area contributed by atoms with Crippen LogP contribution >= 0.6 is 0 Å². The summed E-state index contributed by atoms with van der Waals surface area (Å²) in [6, 6.07) is 13.7. The van der Waals surface area contributed by atoms with E-state index in [2.05, 4.69) is 5.32 Å². The zero-order chi connectivity index (χ0) is 14.6. The van der Waals surface area contributed by atoms with Crippen LogP contribution in [0, 0.1) is 0 Å². The van der Waals surface area contributed by atoms with E-state index in [4.69, 9.17) is 4.74 Å². The average Bonchev–Trinajstić information content (AvgIpc) is 2.45. The van der Waals surface area contributed by atoms with Crippen molar-refractivity contribution in [2.24, 2.45) is 0 Å². The number of carboxylic acid groups (broad SMARTS) is 1. The topological polar surface area (TPSA) is 58.6 Å². The lowest BCUT2D eigenvalue weighted by molar-refractivity contribution is -0.145. The van der Waals surface area contributed by atoms with Crippen molar-refractivity contribution in [2.75, 3.05) is 13.2 Å². The highest BCUT2D eigenvalue weighted by molar-refractivity contribution is 5.83. The summed E-state index contributed by atoms with van der Waals surface area (Å²) in [6.45, 7) is 4.15. The zero-order valence-electron chi connectivity index (χ0n) is 11.7. The van der Waals surface area contributed by atoms with E-state index in [0.717, 1.165) is 10.8 Å². The summed E-state index contributed by atoms with van der Waals surface area (Å²) in [6.07, 6.45) is 0. The van der Waals surface area contributed by atoms with Crippen LogP contribution in [-0.4, -0.2) is 29.8 Å². The van der Waals surface area contributed by atoms with Crippen LogP contribution in [0.25, 0.3) is 10.8 Å². The lowest BCUT2D eigenvalue weighted by Gasteiger charge is -2.25. The number of fused-ring (bicyclic) bond motifs is 1. The van der Waals surface area contributed by atoms with Gasteiger partial charge in [-0.15, -0.1) is 0 Å². The molecule has 0 fully saturated rings. The highest BCUT2D eigenvalue weighted by Crippen LogP contribution is 2.21. The van der Waals surface area contributed by atoms with Crippen LogP contribution in [0.5, 0.6) is 5.75 Å². The van der Waals surface area contributed by atoms with Gasteiger partial charge < -0.3 is 9.84 Å². The van der Waals surface area contributed by atoms with Gasteiger partial charge in [-0.1, -0.05) is 37.3 Å². The molecule has 0 bridgehead atoms. The van der Waals surface area contributed by atoms with Crippen molar-refractivity contribution in [3.8, 4) is 5.75 Å². The second-order valence-electron chi connectivity index (χ2n) is 4.97. The second kappa shape index (κ2) is 5.92. The first-order valence-electron chi connectivity index (χ1n) is 6.65. The fourth-order valence-corrected chi connectivity index (χ4v) is 2.06. The molecule has 0 aliphatic heterocycles. The largest absolute Gasteiger partial charge is 0.491 e. The molecule has 4 heteroatoms. The van der Waals surface area contributed by atoms with Crippen molar-refractivity contribution in [3.63, 3.8) is 0 Å². The molecule has 0 spiro atoms. The summed E-state index contributed by atoms with van der Waals surface area (Å²) in [5, 5.41) is 14.4. The third-order valence-corrected chi connectivity index (χ3v) is 3.29. The quantitative estimate of drug-likeness (QED) is 0.849. The number of nitrogens with one attached hydrogen (secondary N) is 1. The van der Waals surface area contributed by atoms with Gasteiger partial charge in [-0.2, -0.15) is 0 Å². The second-order valence-corrected chi connectivity index (χ2v) is 4.97. The Morgan fingerprint density at radius 2 is 1.95 bits per heavy atom. The molecule has 20 heavy (non-hydrogen) atoms. The molecule has 0 aliphatic rings. The summed E-state index contributed by atoms with van der Waals surface area (Å²) < 4.78 is 5.65. The van der Waals surface area contributed by atoms with Crippen molar-refractivity contribution in [1.29, 1.82) is 0 Å². The third-order valence-electron chi connectivity index (χ3n) is 3.29. The first-order chi connectivity index (χ1) is 9.55. The molecule has 0 radical (unpaired) electrons. The first-order valence-corrected chi connectivity index (χ1v) is 6.65. The number of likely N-dealkylation sites (N-methyl/N-ethyl adjacent to an activating group) is 1. The maximum absolute atomic E-state index is 11.3. The Morgan fingerprint density at radius 1 is 1.25 bits per heavy atom. The van der Waals surface area contributed by atoms with Crippen molar-refractivity contribution < 1.29 is 14.6 Å². The normalized spacial score (nSPS) is 13.9. The fourth-order valence-electron chi connectivity index (χ4n) is 2.06. The predicted octanol–water partition coefficient (Wildman–Crippen LogP) is 2.67. The number of hydrogen-bond acceptors (Lipinski definition) is 3. The number of hydrogen-bond donors (Lipinski definition) is 2. The molecule has 0 heterocycles. The predicted molar refractivity (Wildman–Crippen MR) is 79.2 cm³/mol. The molecule has 2 aromatic rings. The van der Waals surface area contributed by atoms with E-state index in [1.165, 1.54) is 0 Å². The van der Waals surface area contributed by atoms with Crippen LogP contribution in [0.4, 0.5) is 0 Å². The Hall–Kier alpha value is -2.07. The van der Waals surface area contributed by atoms with Gasteiger partial charge in [0.25, 0.3) is 0 Å². The van der Waals surface area contributed by atoms with Crippen molar-refractivity contribution >= 4 is 16.7 Å². The Morgan fingerprint density at radius 3 is 2.60 bits per heavy atom. The molecular weight excluding hydrogens is 254 g/mol. The Balaban J connectivity index is 2.13. The van der Waals surface area contributed by atoms with Crippen LogP contribution in [0.1, 0.15) is 13.8 Å². The summed E-state index contributed by atoms with van der Waals surface area (Å²) in [4.78, 5) is 11.3. The molecule has 106 valence electrons. The zero-order valence-corrected chi connectivity index (χ0v) is 11.7. The summed E-state index contributed by atoms with van der Waals surface area (Å²) in [5.74, 6) is -0.241. The van der Waals surface area contributed by atoms with E-state index in [0.29, 0.717) is 12.3 Å². The number of aliphatic carboxylic acids is 1. The van der Waals surface area contributed by atoms with Gasteiger partial charge in [0.05, 0.1) is 0 Å². The van der Waals surface area contributed by atoms with Gasteiger partial charge in [0.1, 0.15) is 17.9 Å². The number of benzene rings is 2. The van der Waals surface area contributed by atoms with Gasteiger partial charge >= 0.3 is 5.97 Å². The van der Waals surface area contributed by atoms with Crippen LogP contribution < -0.4 is 10.1 Å². The van der Waals surface area contributed by atoms with E-state index in [1.54, 1.807) is 6.92 Å². The summed E-state index contributed by atoms with van der Waals surface area (Å²) in [7, 11) is 0. The standard InChI is InChI=1S/C16H19NO3/c1-3-17-16(2,15(18)19)11-20-14-9-8-12-6-4-5-7-13(12)10-14/h4-10,17H,3,11H2,1-2H3,(H,18,19). The highest BCUT2D eigenvalue weighted by atomic mass is 16.5. The molecule has 2 aromatic carbocycles. The molecule has 0 aromatic heterocycles. The summed E-state index contributed by atoms with van der Waals surface area (Å²) in [5.41, 5.74) is -1.08. The smallest absolute Gasteiger partial charge is 0.327 e. The number of rotatable bonds is 6. The monoisotopic (exact) mass is 273 g/mol. The molecule has 0 aliphatic carbocycles. The van der Waals surface area contributed by atoms with Crippen LogP contribution in [-0.2, 0) is 4.79 Å². The van der Waals surface area contributed by atoms with Gasteiger partial charge in [-0.05, 0) is 36.4 Å². The van der Waals surface area contributed by atoms with Gasteiger partial charge in [0.15, 0.2) is 0 Å². The Kier molecular flexibility index (Phi) is 4.25. The molecule has 0 amide bonds. The van der Waals surface area contributed by atoms with Gasteiger partial charge in [-0.3, -0.25) is 10.1 Å². The van der Waals surface area contributed by atoms with Crippen molar-refractivity contribution in [3.05, 3.63) is 42.5 Å². The first kappa shape index (κ1) is 14.3. The minimum Gasteiger partial charge on any atom is -0.491 e. The molecule has 2 rings (SSSR count). The van der Waals surface area contributed by atoms with Gasteiger partial charge in [0.2, 0.25) is 0 Å². The molecule has 2 N–H and O–H groups in total. The van der Waals surface area contributed by atoms with Crippen molar-refractivity contribution in [2.45, 2.75) is 19.4 Å². The maximum Gasteiger partial charge on any atom is 0.327 e. The number of carboxylic acids is 1. The van der Waals surface area contributed by atoms with E-state index in [9.17, 15) is 9.90 Å². The fraction of sp³-hybridized carbons (Fsp3) is 0.312. The SMILES string of the molecule is CCNC(C)(COc1ccc2ccccc2c1)C(=O)O. The Labute approximate surface area is 118 Å². The molecular formula is C16H19NO3. The van der Waals surface area contributed by atoms with Gasteiger partial charge in [0, 0.05) is 0 Å². The average molecular weight is 273 g/mol. The Bertz CT molecular complexity index is 611. The maximum atomic E-state index is 11.3. The van der Waals surface area contributed by atoms with Crippen molar-refractivity contribution in [1.82, 2.24) is 5.32 Å².